The van der Waals surface area contributed by atoms with Gasteiger partial charge in [0.2, 0.25) is 0 Å². The highest BCUT2D eigenvalue weighted by molar-refractivity contribution is 6.39. The van der Waals surface area contributed by atoms with Gasteiger partial charge in [-0.05, 0) is 37.3 Å². The zero-order chi connectivity index (χ0) is 18.9. The summed E-state index contributed by atoms with van der Waals surface area (Å²) in [5.41, 5.74) is 2.80. The first-order chi connectivity index (χ1) is 12.5. The predicted molar refractivity (Wildman–Crippen MR) is 95.4 cm³/mol. The number of hydrogen-bond donors (Lipinski definition) is 3. The van der Waals surface area contributed by atoms with E-state index in [0.29, 0.717) is 23.6 Å². The summed E-state index contributed by atoms with van der Waals surface area (Å²) in [4.78, 5) is 34.6. The SMILES string of the molecule is CCOc1ccc(NC(=O)C(=O)N/N=C\c2ccccc2C(=O)O)cc1. The van der Waals surface area contributed by atoms with E-state index in [0.717, 1.165) is 6.21 Å². The first-order valence-electron chi connectivity index (χ1n) is 7.71. The summed E-state index contributed by atoms with van der Waals surface area (Å²) in [6.07, 6.45) is 1.16. The molecule has 2 amide bonds. The lowest BCUT2D eigenvalue weighted by Gasteiger charge is -2.06. The van der Waals surface area contributed by atoms with Gasteiger partial charge in [0.05, 0.1) is 18.4 Å². The first-order valence-corrected chi connectivity index (χ1v) is 7.71. The minimum Gasteiger partial charge on any atom is -0.494 e. The lowest BCUT2D eigenvalue weighted by molar-refractivity contribution is -0.136. The lowest BCUT2D eigenvalue weighted by Crippen LogP contribution is -2.32. The van der Waals surface area contributed by atoms with Crippen molar-refractivity contribution in [2.24, 2.45) is 5.10 Å². The third-order valence-electron chi connectivity index (χ3n) is 3.19. The molecule has 0 aliphatic heterocycles. The van der Waals surface area contributed by atoms with Gasteiger partial charge >= 0.3 is 17.8 Å². The number of hydrazone groups is 1. The van der Waals surface area contributed by atoms with Crippen molar-refractivity contribution in [1.82, 2.24) is 5.43 Å². The molecule has 2 aromatic carbocycles. The topological polar surface area (TPSA) is 117 Å². The zero-order valence-electron chi connectivity index (χ0n) is 13.9. The van der Waals surface area contributed by atoms with Gasteiger partial charge in [-0.25, -0.2) is 10.2 Å². The highest BCUT2D eigenvalue weighted by atomic mass is 16.5. The van der Waals surface area contributed by atoms with Crippen LogP contribution in [0.5, 0.6) is 5.75 Å². The fourth-order valence-electron chi connectivity index (χ4n) is 2.00. The molecular formula is C18H17N3O5. The molecule has 0 radical (unpaired) electrons. The largest absolute Gasteiger partial charge is 0.494 e. The third-order valence-corrected chi connectivity index (χ3v) is 3.19. The second-order valence-electron chi connectivity index (χ2n) is 5.00. The Hall–Kier alpha value is -3.68. The van der Waals surface area contributed by atoms with Crippen molar-refractivity contribution in [3.63, 3.8) is 0 Å². The average Bonchev–Trinajstić information content (AvgIpc) is 2.63. The van der Waals surface area contributed by atoms with Gasteiger partial charge in [0.25, 0.3) is 0 Å². The molecule has 0 saturated heterocycles. The van der Waals surface area contributed by atoms with Crippen molar-refractivity contribution >= 4 is 29.7 Å². The molecule has 0 spiro atoms. The van der Waals surface area contributed by atoms with E-state index in [2.05, 4.69) is 10.4 Å². The highest BCUT2D eigenvalue weighted by Gasteiger charge is 2.13. The van der Waals surface area contributed by atoms with Crippen molar-refractivity contribution in [2.45, 2.75) is 6.92 Å². The Morgan fingerprint density at radius 1 is 1.08 bits per heavy atom. The van der Waals surface area contributed by atoms with Crippen LogP contribution in [0, 0.1) is 0 Å². The Morgan fingerprint density at radius 2 is 1.77 bits per heavy atom. The molecule has 2 aromatic rings. The molecule has 0 unspecified atom stereocenters. The maximum Gasteiger partial charge on any atom is 0.336 e. The molecule has 134 valence electrons. The fourth-order valence-corrected chi connectivity index (χ4v) is 2.00. The average molecular weight is 355 g/mol. The van der Waals surface area contributed by atoms with Crippen LogP contribution >= 0.6 is 0 Å². The Kier molecular flexibility index (Phi) is 6.44. The number of carbonyl (C=O) groups excluding carboxylic acids is 2. The molecule has 0 aliphatic carbocycles. The smallest absolute Gasteiger partial charge is 0.336 e. The molecule has 0 fully saturated rings. The van der Waals surface area contributed by atoms with E-state index in [-0.39, 0.29) is 5.56 Å². The van der Waals surface area contributed by atoms with Gasteiger partial charge in [-0.1, -0.05) is 18.2 Å². The standard InChI is InChI=1S/C18H17N3O5/c1-2-26-14-9-7-13(8-10-14)20-16(22)17(23)21-19-11-12-5-3-4-6-15(12)18(24)25/h3-11H,2H2,1H3,(H,20,22)(H,21,23)(H,24,25)/b19-11-. The first kappa shape index (κ1) is 18.7. The number of amides is 2. The number of aromatic carboxylic acids is 1. The van der Waals surface area contributed by atoms with Crippen LogP contribution in [0.3, 0.4) is 0 Å². The quantitative estimate of drug-likeness (QED) is 0.415. The summed E-state index contributed by atoms with van der Waals surface area (Å²) in [7, 11) is 0. The van der Waals surface area contributed by atoms with Crippen LogP contribution in [0.4, 0.5) is 5.69 Å². The van der Waals surface area contributed by atoms with Crippen molar-refractivity contribution in [1.29, 1.82) is 0 Å². The Morgan fingerprint density at radius 3 is 2.42 bits per heavy atom. The minimum absolute atomic E-state index is 0.0318. The second-order valence-corrected chi connectivity index (χ2v) is 5.00. The molecule has 8 heteroatoms. The molecule has 0 bridgehead atoms. The Bertz CT molecular complexity index is 831. The Labute approximate surface area is 149 Å². The van der Waals surface area contributed by atoms with Gasteiger partial charge in [0.1, 0.15) is 5.75 Å². The molecule has 0 aromatic heterocycles. The molecule has 3 N–H and O–H groups in total. The summed E-state index contributed by atoms with van der Waals surface area (Å²) in [5, 5.41) is 15.1. The summed E-state index contributed by atoms with van der Waals surface area (Å²) >= 11 is 0. The number of carboxylic acid groups (broad SMARTS) is 1. The van der Waals surface area contributed by atoms with Crippen LogP contribution in [0.2, 0.25) is 0 Å². The number of nitrogens with one attached hydrogen (secondary N) is 2. The van der Waals surface area contributed by atoms with E-state index in [4.69, 9.17) is 9.84 Å². The second kappa shape index (κ2) is 8.97. The van der Waals surface area contributed by atoms with Gasteiger partial charge in [-0.15, -0.1) is 0 Å². The predicted octanol–water partition coefficient (Wildman–Crippen LogP) is 1.87. The number of benzene rings is 2. The minimum atomic E-state index is -1.12. The van der Waals surface area contributed by atoms with E-state index in [1.165, 1.54) is 12.1 Å². The molecule has 26 heavy (non-hydrogen) atoms. The van der Waals surface area contributed by atoms with Crippen LogP contribution in [-0.2, 0) is 9.59 Å². The number of rotatable bonds is 6. The molecule has 0 aliphatic rings. The summed E-state index contributed by atoms with van der Waals surface area (Å²) in [5.74, 6) is -2.36. The van der Waals surface area contributed by atoms with Crippen molar-refractivity contribution in [3.05, 3.63) is 59.7 Å². The van der Waals surface area contributed by atoms with Gasteiger partial charge < -0.3 is 15.2 Å². The molecule has 2 rings (SSSR count). The van der Waals surface area contributed by atoms with Gasteiger partial charge in [-0.3, -0.25) is 9.59 Å². The monoisotopic (exact) mass is 355 g/mol. The van der Waals surface area contributed by atoms with Gasteiger partial charge in [-0.2, -0.15) is 5.10 Å². The summed E-state index contributed by atoms with van der Waals surface area (Å²) < 4.78 is 5.28. The van der Waals surface area contributed by atoms with Crippen LogP contribution in [0.15, 0.2) is 53.6 Å². The van der Waals surface area contributed by atoms with Crippen LogP contribution in [-0.4, -0.2) is 35.7 Å². The fraction of sp³-hybridized carbons (Fsp3) is 0.111. The molecule has 8 nitrogen and oxygen atoms in total. The number of carbonyl (C=O) groups is 3. The zero-order valence-corrected chi connectivity index (χ0v) is 13.9. The summed E-state index contributed by atoms with van der Waals surface area (Å²) in [6.45, 7) is 2.38. The van der Waals surface area contributed by atoms with Crippen LogP contribution in [0.1, 0.15) is 22.8 Å². The third kappa shape index (κ3) is 5.17. The number of nitrogens with zero attached hydrogens (tertiary/aromatic N) is 1. The number of anilines is 1. The van der Waals surface area contributed by atoms with Crippen LogP contribution in [0.25, 0.3) is 0 Å². The van der Waals surface area contributed by atoms with E-state index in [9.17, 15) is 14.4 Å². The lowest BCUT2D eigenvalue weighted by atomic mass is 10.1. The molecule has 0 atom stereocenters. The maximum absolute atomic E-state index is 11.8. The van der Waals surface area contributed by atoms with E-state index in [1.54, 1.807) is 36.4 Å². The van der Waals surface area contributed by atoms with E-state index >= 15 is 0 Å². The Balaban J connectivity index is 1.93. The van der Waals surface area contributed by atoms with Gasteiger partial charge in [0.15, 0.2) is 0 Å². The molecule has 0 heterocycles. The molecule has 0 saturated carbocycles. The van der Waals surface area contributed by atoms with Crippen molar-refractivity contribution in [3.8, 4) is 5.75 Å². The van der Waals surface area contributed by atoms with E-state index in [1.807, 2.05) is 12.3 Å². The van der Waals surface area contributed by atoms with Crippen molar-refractivity contribution in [2.75, 3.05) is 11.9 Å². The normalized spacial score (nSPS) is 10.3. The van der Waals surface area contributed by atoms with Crippen LogP contribution < -0.4 is 15.5 Å². The van der Waals surface area contributed by atoms with E-state index < -0.39 is 17.8 Å². The van der Waals surface area contributed by atoms with Gasteiger partial charge in [0, 0.05) is 11.3 Å². The number of hydrogen-bond acceptors (Lipinski definition) is 5. The number of ether oxygens (including phenoxy) is 1. The van der Waals surface area contributed by atoms with Crippen molar-refractivity contribution < 1.29 is 24.2 Å². The maximum atomic E-state index is 11.8. The number of carboxylic acids is 1. The highest BCUT2D eigenvalue weighted by Crippen LogP contribution is 2.15. The summed E-state index contributed by atoms with van der Waals surface area (Å²) in [6, 6.07) is 12.7. The molecular weight excluding hydrogens is 338 g/mol.